The van der Waals surface area contributed by atoms with Crippen LogP contribution in [0.4, 0.5) is 5.69 Å². The van der Waals surface area contributed by atoms with E-state index in [1.165, 1.54) is 7.11 Å². The SMILES string of the molecule is COc1c(C(=O)NCc2cccs2)ccc(N)c1C(=N)/C=C/c1ccc2c(c1)OCO2. The maximum atomic E-state index is 12.8. The van der Waals surface area contributed by atoms with Crippen molar-refractivity contribution in [2.45, 2.75) is 6.54 Å². The third-order valence-corrected chi connectivity index (χ3v) is 5.63. The molecule has 31 heavy (non-hydrogen) atoms. The molecule has 0 bridgehead atoms. The zero-order valence-electron chi connectivity index (χ0n) is 16.8. The van der Waals surface area contributed by atoms with E-state index in [4.69, 9.17) is 25.4 Å². The van der Waals surface area contributed by atoms with Gasteiger partial charge in [0.1, 0.15) is 5.75 Å². The molecule has 0 fully saturated rings. The third kappa shape index (κ3) is 4.39. The molecule has 0 atom stereocenters. The maximum absolute atomic E-state index is 12.8. The summed E-state index contributed by atoms with van der Waals surface area (Å²) in [6, 6.07) is 12.6. The van der Waals surface area contributed by atoms with Gasteiger partial charge < -0.3 is 30.7 Å². The van der Waals surface area contributed by atoms with Crippen molar-refractivity contribution in [1.82, 2.24) is 5.32 Å². The van der Waals surface area contributed by atoms with Gasteiger partial charge >= 0.3 is 0 Å². The number of allylic oxidation sites excluding steroid dienone is 1. The summed E-state index contributed by atoms with van der Waals surface area (Å²) in [5, 5.41) is 13.4. The molecule has 2 aromatic carbocycles. The van der Waals surface area contributed by atoms with E-state index in [2.05, 4.69) is 5.32 Å². The summed E-state index contributed by atoms with van der Waals surface area (Å²) < 4.78 is 16.2. The first-order valence-corrected chi connectivity index (χ1v) is 10.4. The highest BCUT2D eigenvalue weighted by Crippen LogP contribution is 2.33. The molecule has 1 aliphatic heterocycles. The number of amides is 1. The normalized spacial score (nSPS) is 12.2. The number of fused-ring (bicyclic) bond motifs is 1. The van der Waals surface area contributed by atoms with Gasteiger partial charge in [0, 0.05) is 10.6 Å². The number of nitrogens with one attached hydrogen (secondary N) is 2. The van der Waals surface area contributed by atoms with Gasteiger partial charge in [-0.1, -0.05) is 18.2 Å². The average Bonchev–Trinajstić information content (AvgIpc) is 3.46. The molecular weight excluding hydrogens is 414 g/mol. The standard InChI is InChI=1S/C23H21N3O4S/c1-28-22-16(23(27)26-12-15-3-2-10-31-15)6-8-18(25)21(22)17(24)7-4-14-5-9-19-20(11-14)30-13-29-19/h2-11,24H,12-13,25H2,1H3,(H,26,27)/b7-4+,24-17?. The molecule has 3 aromatic rings. The lowest BCUT2D eigenvalue weighted by atomic mass is 10.0. The van der Waals surface area contributed by atoms with Crippen molar-refractivity contribution in [1.29, 1.82) is 5.41 Å². The largest absolute Gasteiger partial charge is 0.495 e. The molecule has 8 heteroatoms. The molecule has 1 amide bonds. The summed E-state index contributed by atoms with van der Waals surface area (Å²) in [5.74, 6) is 1.33. The summed E-state index contributed by atoms with van der Waals surface area (Å²) in [7, 11) is 1.46. The maximum Gasteiger partial charge on any atom is 0.255 e. The Morgan fingerprint density at radius 3 is 2.87 bits per heavy atom. The molecule has 1 aliphatic rings. The van der Waals surface area contributed by atoms with Gasteiger partial charge in [-0.3, -0.25) is 4.79 Å². The van der Waals surface area contributed by atoms with Crippen molar-refractivity contribution in [3.63, 3.8) is 0 Å². The highest BCUT2D eigenvalue weighted by atomic mass is 32.1. The van der Waals surface area contributed by atoms with Gasteiger partial charge in [-0.05, 0) is 47.4 Å². The minimum Gasteiger partial charge on any atom is -0.495 e. The van der Waals surface area contributed by atoms with Crippen molar-refractivity contribution in [3.8, 4) is 17.2 Å². The minimum atomic E-state index is -0.293. The molecule has 0 saturated heterocycles. The fraction of sp³-hybridized carbons (Fsp3) is 0.130. The van der Waals surface area contributed by atoms with Gasteiger partial charge in [0.2, 0.25) is 6.79 Å². The molecule has 0 spiro atoms. The van der Waals surface area contributed by atoms with E-state index in [-0.39, 0.29) is 24.2 Å². The summed E-state index contributed by atoms with van der Waals surface area (Å²) in [6.07, 6.45) is 3.38. The number of rotatable bonds is 7. The fourth-order valence-electron chi connectivity index (χ4n) is 3.22. The van der Waals surface area contributed by atoms with Crippen LogP contribution in [0.5, 0.6) is 17.2 Å². The zero-order valence-corrected chi connectivity index (χ0v) is 17.6. The molecule has 158 valence electrons. The molecule has 1 aromatic heterocycles. The van der Waals surface area contributed by atoms with Crippen molar-refractivity contribution < 1.29 is 19.0 Å². The Bertz CT molecular complexity index is 1160. The lowest BCUT2D eigenvalue weighted by Crippen LogP contribution is -2.23. The highest BCUT2D eigenvalue weighted by Gasteiger charge is 2.20. The molecule has 4 N–H and O–H groups in total. The second kappa shape index (κ2) is 8.93. The topological polar surface area (TPSA) is 107 Å². The van der Waals surface area contributed by atoms with Crippen molar-refractivity contribution in [2.24, 2.45) is 0 Å². The minimum absolute atomic E-state index is 0.125. The Labute approximate surface area is 183 Å². The second-order valence-electron chi connectivity index (χ2n) is 6.73. The van der Waals surface area contributed by atoms with E-state index in [1.807, 2.05) is 35.7 Å². The number of methoxy groups -OCH3 is 1. The molecule has 4 rings (SSSR count). The van der Waals surface area contributed by atoms with Crippen LogP contribution in [0.1, 0.15) is 26.4 Å². The quantitative estimate of drug-likeness (QED) is 0.383. The van der Waals surface area contributed by atoms with Crippen LogP contribution in [-0.4, -0.2) is 25.5 Å². The number of thiophene rings is 1. The number of anilines is 1. The number of hydrogen-bond donors (Lipinski definition) is 3. The van der Waals surface area contributed by atoms with Crippen molar-refractivity contribution >= 4 is 34.7 Å². The molecular formula is C23H21N3O4S. The number of nitrogen functional groups attached to an aromatic ring is 1. The van der Waals surface area contributed by atoms with E-state index in [0.717, 1.165) is 10.4 Å². The molecule has 0 saturated carbocycles. The van der Waals surface area contributed by atoms with E-state index < -0.39 is 0 Å². The van der Waals surface area contributed by atoms with E-state index in [0.29, 0.717) is 34.9 Å². The van der Waals surface area contributed by atoms with E-state index in [1.54, 1.807) is 35.6 Å². The highest BCUT2D eigenvalue weighted by molar-refractivity contribution is 7.09. The Balaban J connectivity index is 1.57. The van der Waals surface area contributed by atoms with Gasteiger partial charge in [-0.2, -0.15) is 0 Å². The van der Waals surface area contributed by atoms with Crippen LogP contribution in [-0.2, 0) is 6.54 Å². The first kappa shape index (κ1) is 20.5. The first-order chi connectivity index (χ1) is 15.1. The number of hydrogen-bond acceptors (Lipinski definition) is 7. The Morgan fingerprint density at radius 1 is 1.26 bits per heavy atom. The molecule has 0 radical (unpaired) electrons. The second-order valence-corrected chi connectivity index (χ2v) is 7.76. The van der Waals surface area contributed by atoms with Gasteiger partial charge in [0.25, 0.3) is 5.91 Å². The average molecular weight is 436 g/mol. The number of carbonyl (C=O) groups excluding carboxylic acids is 1. The molecule has 7 nitrogen and oxygen atoms in total. The van der Waals surface area contributed by atoms with Crippen molar-refractivity contribution in [3.05, 3.63) is 75.5 Å². The summed E-state index contributed by atoms with van der Waals surface area (Å²) in [6.45, 7) is 0.619. The van der Waals surface area contributed by atoms with Gasteiger partial charge in [0.15, 0.2) is 11.5 Å². The van der Waals surface area contributed by atoms with Gasteiger partial charge in [-0.15, -0.1) is 11.3 Å². The van der Waals surface area contributed by atoms with Crippen LogP contribution in [0.3, 0.4) is 0 Å². The summed E-state index contributed by atoms with van der Waals surface area (Å²) in [4.78, 5) is 13.8. The summed E-state index contributed by atoms with van der Waals surface area (Å²) >= 11 is 1.57. The number of carbonyl (C=O) groups is 1. The van der Waals surface area contributed by atoms with Crippen LogP contribution >= 0.6 is 11.3 Å². The first-order valence-electron chi connectivity index (χ1n) is 9.50. The summed E-state index contributed by atoms with van der Waals surface area (Å²) in [5.41, 5.74) is 8.15. The van der Waals surface area contributed by atoms with Crippen LogP contribution in [0, 0.1) is 5.41 Å². The number of benzene rings is 2. The Hall–Kier alpha value is -3.78. The zero-order chi connectivity index (χ0) is 21.8. The smallest absolute Gasteiger partial charge is 0.255 e. The predicted octanol–water partition coefficient (Wildman–Crippen LogP) is 4.08. The van der Waals surface area contributed by atoms with Crippen LogP contribution in [0.15, 0.2) is 53.9 Å². The third-order valence-electron chi connectivity index (χ3n) is 4.75. The van der Waals surface area contributed by atoms with Gasteiger partial charge in [0.05, 0.1) is 30.5 Å². The molecule has 0 aliphatic carbocycles. The van der Waals surface area contributed by atoms with E-state index >= 15 is 0 Å². The van der Waals surface area contributed by atoms with E-state index in [9.17, 15) is 4.79 Å². The lowest BCUT2D eigenvalue weighted by molar-refractivity contribution is 0.0948. The van der Waals surface area contributed by atoms with Crippen LogP contribution in [0.2, 0.25) is 0 Å². The van der Waals surface area contributed by atoms with Gasteiger partial charge in [-0.25, -0.2) is 0 Å². The Kier molecular flexibility index (Phi) is 5.90. The van der Waals surface area contributed by atoms with Crippen molar-refractivity contribution in [2.75, 3.05) is 19.6 Å². The number of ether oxygens (including phenoxy) is 3. The number of nitrogens with two attached hydrogens (primary N) is 1. The Morgan fingerprint density at radius 2 is 2.10 bits per heavy atom. The predicted molar refractivity (Wildman–Crippen MR) is 121 cm³/mol. The fourth-order valence-corrected chi connectivity index (χ4v) is 3.87. The van der Waals surface area contributed by atoms with Crippen LogP contribution in [0.25, 0.3) is 6.08 Å². The molecule has 2 heterocycles. The monoisotopic (exact) mass is 435 g/mol. The molecule has 0 unspecified atom stereocenters. The van der Waals surface area contributed by atoms with Crippen LogP contribution < -0.4 is 25.3 Å². The lowest BCUT2D eigenvalue weighted by Gasteiger charge is -2.15.